The SMILES string of the molecule is CC1(C)c2ccccc2-c2ccc(C3c4ccccc4C(c4ccc(-c5c6ccccc6c(-c6ccccc6)c6cc(-c7ccccc7)ccc56)cc4)=C4CCCCC43)cc21. The molecule has 3 aliphatic carbocycles. The number of fused-ring (bicyclic) bond motifs is 7. The molecule has 0 saturated heterocycles. The summed E-state index contributed by atoms with van der Waals surface area (Å²) in [6, 6.07) is 73.4. The molecule has 3 aliphatic rings. The van der Waals surface area contributed by atoms with Crippen LogP contribution in [0.5, 0.6) is 0 Å². The van der Waals surface area contributed by atoms with Gasteiger partial charge in [0.1, 0.15) is 0 Å². The van der Waals surface area contributed by atoms with Gasteiger partial charge in [0, 0.05) is 11.3 Å². The van der Waals surface area contributed by atoms with Crippen LogP contribution in [-0.2, 0) is 5.41 Å². The van der Waals surface area contributed by atoms with Crippen LogP contribution in [0.1, 0.15) is 78.8 Å². The van der Waals surface area contributed by atoms with Gasteiger partial charge < -0.3 is 0 Å². The first-order chi connectivity index (χ1) is 30.0. The van der Waals surface area contributed by atoms with Gasteiger partial charge in [-0.05, 0) is 136 Å². The third-order valence-corrected chi connectivity index (χ3v) is 14.6. The Morgan fingerprint density at radius 3 is 1.75 bits per heavy atom. The van der Waals surface area contributed by atoms with Crippen LogP contribution >= 0.6 is 0 Å². The standard InChI is InChI=1S/C61H48/c1-61(2)55-28-16-15-21-45(55)46-35-34-44(38-56(46)61)60-51-26-13-10-23-48(51)57(49-24-11-14-27-52(49)60)41-29-31-42(32-30-41)58-47-22-9-12-25-50(47)59(40-19-7-4-8-20-40)54-37-43(33-36-53(54)58)39-17-5-3-6-18-39/h3-10,12-13,15-23,25-26,28-38,52,60H,11,14,24,27H2,1-2H3. The molecule has 9 aromatic carbocycles. The molecule has 0 spiro atoms. The van der Waals surface area contributed by atoms with E-state index in [1.807, 2.05) is 0 Å². The van der Waals surface area contributed by atoms with Crippen molar-refractivity contribution in [1.29, 1.82) is 0 Å². The van der Waals surface area contributed by atoms with Crippen LogP contribution in [0.2, 0.25) is 0 Å². The maximum absolute atomic E-state index is 2.59. The van der Waals surface area contributed by atoms with E-state index in [0.717, 1.165) is 6.42 Å². The lowest BCUT2D eigenvalue weighted by Gasteiger charge is -2.41. The molecule has 0 heteroatoms. The molecule has 0 bridgehead atoms. The Labute approximate surface area is 359 Å². The van der Waals surface area contributed by atoms with Crippen LogP contribution in [0.25, 0.3) is 71.6 Å². The lowest BCUT2D eigenvalue weighted by Crippen LogP contribution is -2.26. The minimum absolute atomic E-state index is 0.0169. The lowest BCUT2D eigenvalue weighted by molar-refractivity contribution is 0.411. The summed E-state index contributed by atoms with van der Waals surface area (Å²) in [5, 5.41) is 5.14. The topological polar surface area (TPSA) is 0 Å². The number of hydrogen-bond acceptors (Lipinski definition) is 0. The second kappa shape index (κ2) is 14.2. The first-order valence-electron chi connectivity index (χ1n) is 22.3. The zero-order chi connectivity index (χ0) is 40.7. The molecule has 2 unspecified atom stereocenters. The molecule has 1 fully saturated rings. The van der Waals surface area contributed by atoms with Gasteiger partial charge in [-0.2, -0.15) is 0 Å². The molecule has 2 atom stereocenters. The minimum atomic E-state index is -0.0169. The van der Waals surface area contributed by atoms with Gasteiger partial charge in [-0.3, -0.25) is 0 Å². The van der Waals surface area contributed by atoms with Gasteiger partial charge in [0.05, 0.1) is 0 Å². The highest BCUT2D eigenvalue weighted by Crippen LogP contribution is 2.56. The molecule has 292 valence electrons. The van der Waals surface area contributed by atoms with Crippen molar-refractivity contribution in [1.82, 2.24) is 0 Å². The van der Waals surface area contributed by atoms with Gasteiger partial charge in [0.2, 0.25) is 0 Å². The predicted octanol–water partition coefficient (Wildman–Crippen LogP) is 16.4. The Hall–Kier alpha value is -6.76. The van der Waals surface area contributed by atoms with Crippen molar-refractivity contribution in [3.63, 3.8) is 0 Å². The summed E-state index contributed by atoms with van der Waals surface area (Å²) in [6.07, 6.45) is 4.93. The molecule has 0 aromatic heterocycles. The van der Waals surface area contributed by atoms with Gasteiger partial charge in [0.25, 0.3) is 0 Å². The van der Waals surface area contributed by atoms with Gasteiger partial charge >= 0.3 is 0 Å². The smallest absolute Gasteiger partial charge is 0.0161 e. The van der Waals surface area contributed by atoms with Crippen molar-refractivity contribution >= 4 is 27.1 Å². The summed E-state index contributed by atoms with van der Waals surface area (Å²) >= 11 is 0. The highest BCUT2D eigenvalue weighted by Gasteiger charge is 2.40. The number of hydrogen-bond donors (Lipinski definition) is 0. The number of allylic oxidation sites excluding steroid dienone is 1. The number of rotatable bonds is 5. The Morgan fingerprint density at radius 2 is 0.984 bits per heavy atom. The van der Waals surface area contributed by atoms with Gasteiger partial charge in [-0.1, -0.05) is 214 Å². The first-order valence-corrected chi connectivity index (χ1v) is 22.3. The van der Waals surface area contributed by atoms with E-state index in [1.165, 1.54) is 124 Å². The van der Waals surface area contributed by atoms with Crippen LogP contribution < -0.4 is 0 Å². The molecule has 61 heavy (non-hydrogen) atoms. The Kier molecular flexibility index (Phi) is 8.39. The minimum Gasteiger partial charge on any atom is -0.0622 e. The van der Waals surface area contributed by atoms with E-state index in [9.17, 15) is 0 Å². The zero-order valence-electron chi connectivity index (χ0n) is 35.0. The third-order valence-electron chi connectivity index (χ3n) is 14.6. The highest BCUT2D eigenvalue weighted by atomic mass is 14.4. The molecule has 12 rings (SSSR count). The first kappa shape index (κ1) is 36.1. The highest BCUT2D eigenvalue weighted by molar-refractivity contribution is 6.22. The third kappa shape index (κ3) is 5.65. The Morgan fingerprint density at radius 1 is 0.410 bits per heavy atom. The van der Waals surface area contributed by atoms with Gasteiger partial charge in [-0.15, -0.1) is 0 Å². The van der Waals surface area contributed by atoms with Crippen LogP contribution in [0, 0.1) is 5.92 Å². The molecule has 0 radical (unpaired) electrons. The summed E-state index contributed by atoms with van der Waals surface area (Å²) in [5.74, 6) is 0.835. The predicted molar refractivity (Wildman–Crippen MR) is 258 cm³/mol. The zero-order valence-corrected chi connectivity index (χ0v) is 35.0. The summed E-state index contributed by atoms with van der Waals surface area (Å²) in [7, 11) is 0. The van der Waals surface area contributed by atoms with E-state index in [0.29, 0.717) is 11.8 Å². The van der Waals surface area contributed by atoms with Crippen LogP contribution in [0.15, 0.2) is 200 Å². The fraction of sp³-hybridized carbons (Fsp3) is 0.148. The molecule has 0 heterocycles. The average molecular weight is 781 g/mol. The second-order valence-electron chi connectivity index (χ2n) is 18.2. The normalized spacial score (nSPS) is 17.5. The van der Waals surface area contributed by atoms with Gasteiger partial charge in [0.15, 0.2) is 0 Å². The van der Waals surface area contributed by atoms with Crippen molar-refractivity contribution in [3.8, 4) is 44.5 Å². The molecule has 0 N–H and O–H groups in total. The van der Waals surface area contributed by atoms with Crippen LogP contribution in [0.4, 0.5) is 0 Å². The molecular formula is C61H48. The Balaban J connectivity index is 1.00. The molecular weight excluding hydrogens is 733 g/mol. The van der Waals surface area contributed by atoms with Crippen molar-refractivity contribution in [3.05, 3.63) is 233 Å². The lowest BCUT2D eigenvalue weighted by atomic mass is 9.63. The molecule has 0 nitrogen and oxygen atoms in total. The maximum Gasteiger partial charge on any atom is 0.0161 e. The summed E-state index contributed by atoms with van der Waals surface area (Å²) in [4.78, 5) is 0. The summed E-state index contributed by atoms with van der Waals surface area (Å²) in [6.45, 7) is 4.82. The molecule has 0 amide bonds. The quantitative estimate of drug-likeness (QED) is 0.153. The van der Waals surface area contributed by atoms with Crippen LogP contribution in [0.3, 0.4) is 0 Å². The maximum atomic E-state index is 2.59. The van der Waals surface area contributed by atoms with E-state index >= 15 is 0 Å². The van der Waals surface area contributed by atoms with Crippen molar-refractivity contribution in [2.75, 3.05) is 0 Å². The van der Waals surface area contributed by atoms with E-state index in [-0.39, 0.29) is 5.41 Å². The van der Waals surface area contributed by atoms with Crippen molar-refractivity contribution in [2.45, 2.75) is 50.9 Å². The van der Waals surface area contributed by atoms with Crippen molar-refractivity contribution in [2.24, 2.45) is 5.92 Å². The molecule has 0 aliphatic heterocycles. The van der Waals surface area contributed by atoms with E-state index in [4.69, 9.17) is 0 Å². The fourth-order valence-corrected chi connectivity index (χ4v) is 11.8. The van der Waals surface area contributed by atoms with E-state index in [2.05, 4.69) is 208 Å². The second-order valence-corrected chi connectivity index (χ2v) is 18.2. The monoisotopic (exact) mass is 780 g/mol. The summed E-state index contributed by atoms with van der Waals surface area (Å²) < 4.78 is 0. The van der Waals surface area contributed by atoms with E-state index in [1.54, 1.807) is 5.57 Å². The fourth-order valence-electron chi connectivity index (χ4n) is 11.8. The summed E-state index contributed by atoms with van der Waals surface area (Å²) in [5.41, 5.74) is 22.1. The van der Waals surface area contributed by atoms with Gasteiger partial charge in [-0.25, -0.2) is 0 Å². The molecule has 1 saturated carbocycles. The average Bonchev–Trinajstić information content (AvgIpc) is 3.55. The van der Waals surface area contributed by atoms with Crippen molar-refractivity contribution < 1.29 is 0 Å². The molecule has 9 aromatic rings. The Bertz CT molecular complexity index is 3200. The van der Waals surface area contributed by atoms with E-state index < -0.39 is 0 Å². The van der Waals surface area contributed by atoms with Crippen LogP contribution in [-0.4, -0.2) is 0 Å². The number of benzene rings is 9. The largest absolute Gasteiger partial charge is 0.0622 e.